The molecule has 0 saturated carbocycles. The van der Waals surface area contributed by atoms with Crippen LogP contribution in [0.3, 0.4) is 0 Å². The molecule has 1 N–H and O–H groups in total. The van der Waals surface area contributed by atoms with E-state index >= 15 is 0 Å². The third-order valence-corrected chi connectivity index (χ3v) is 5.33. The molecule has 6 nitrogen and oxygen atoms in total. The van der Waals surface area contributed by atoms with E-state index in [4.69, 9.17) is 4.74 Å². The van der Waals surface area contributed by atoms with Crippen LogP contribution in [-0.4, -0.2) is 90.6 Å². The van der Waals surface area contributed by atoms with Crippen molar-refractivity contribution < 1.29 is 9.84 Å². The number of morpholine rings is 1. The number of hydrogen-bond acceptors (Lipinski definition) is 7. The molecule has 0 unspecified atom stereocenters. The minimum Gasteiger partial charge on any atom is -0.390 e. The maximum Gasteiger partial charge on any atom is 0.185 e. The lowest BCUT2D eigenvalue weighted by molar-refractivity contribution is -0.0780. The number of aliphatic hydroxyl groups excluding tert-OH is 1. The fourth-order valence-electron chi connectivity index (χ4n) is 3.58. The molecule has 23 heavy (non-hydrogen) atoms. The largest absolute Gasteiger partial charge is 0.390 e. The SMILES string of the molecule is C[C@@H]1CN(C[C@H](O)CN2CCN(c3nccs3)CC2)C[C@@H](C)O1. The first-order chi connectivity index (χ1) is 11.1. The van der Waals surface area contributed by atoms with Gasteiger partial charge in [-0.1, -0.05) is 0 Å². The van der Waals surface area contributed by atoms with Gasteiger partial charge in [-0.2, -0.15) is 0 Å². The number of aromatic nitrogens is 1. The quantitative estimate of drug-likeness (QED) is 0.853. The van der Waals surface area contributed by atoms with E-state index in [1.165, 1.54) is 0 Å². The smallest absolute Gasteiger partial charge is 0.185 e. The minimum atomic E-state index is -0.293. The molecule has 130 valence electrons. The molecule has 1 aromatic rings. The second-order valence-electron chi connectivity index (χ2n) is 6.73. The second-order valence-corrected chi connectivity index (χ2v) is 7.61. The molecule has 2 saturated heterocycles. The number of hydrogen-bond donors (Lipinski definition) is 1. The summed E-state index contributed by atoms with van der Waals surface area (Å²) in [6.07, 6.45) is 2.08. The van der Waals surface area contributed by atoms with Crippen LogP contribution in [0.5, 0.6) is 0 Å². The molecule has 7 heteroatoms. The van der Waals surface area contributed by atoms with Gasteiger partial charge in [-0.3, -0.25) is 9.80 Å². The number of anilines is 1. The molecular formula is C16H28N4O2S. The van der Waals surface area contributed by atoms with Gasteiger partial charge in [0.15, 0.2) is 5.13 Å². The van der Waals surface area contributed by atoms with Gasteiger partial charge in [0.2, 0.25) is 0 Å². The standard InChI is InChI=1S/C16H28N4O2S/c1-13-9-19(10-14(2)22-13)12-15(21)11-18-4-6-20(7-5-18)16-17-3-8-23-16/h3,8,13-15,21H,4-7,9-12H2,1-2H3/t13-,14-,15-/m1/s1. The van der Waals surface area contributed by atoms with E-state index in [-0.39, 0.29) is 18.3 Å². The van der Waals surface area contributed by atoms with Crippen molar-refractivity contribution in [3.63, 3.8) is 0 Å². The van der Waals surface area contributed by atoms with Crippen molar-refractivity contribution in [3.8, 4) is 0 Å². The summed E-state index contributed by atoms with van der Waals surface area (Å²) < 4.78 is 5.75. The van der Waals surface area contributed by atoms with Crippen LogP contribution in [0.1, 0.15) is 13.8 Å². The van der Waals surface area contributed by atoms with Crippen molar-refractivity contribution in [2.45, 2.75) is 32.2 Å². The molecule has 0 radical (unpaired) electrons. The van der Waals surface area contributed by atoms with E-state index in [1.807, 2.05) is 11.6 Å². The normalized spacial score (nSPS) is 28.9. The highest BCUT2D eigenvalue weighted by molar-refractivity contribution is 7.13. The molecule has 0 aromatic carbocycles. The Balaban J connectivity index is 1.40. The van der Waals surface area contributed by atoms with Crippen molar-refractivity contribution in [1.82, 2.24) is 14.8 Å². The van der Waals surface area contributed by atoms with Crippen LogP contribution in [0, 0.1) is 0 Å². The van der Waals surface area contributed by atoms with Crippen molar-refractivity contribution in [2.75, 3.05) is 57.3 Å². The molecule has 0 amide bonds. The van der Waals surface area contributed by atoms with Crippen LogP contribution in [0.2, 0.25) is 0 Å². The average Bonchev–Trinajstić information content (AvgIpc) is 3.01. The zero-order valence-corrected chi connectivity index (χ0v) is 14.9. The number of rotatable bonds is 5. The van der Waals surface area contributed by atoms with Gasteiger partial charge in [0, 0.05) is 63.9 Å². The number of β-amino-alcohol motifs (C(OH)–C–C–N with tert-alkyl or cyclic N) is 1. The fraction of sp³-hybridized carbons (Fsp3) is 0.812. The first-order valence-corrected chi connectivity index (χ1v) is 9.41. The summed E-state index contributed by atoms with van der Waals surface area (Å²) in [6.45, 7) is 11.5. The van der Waals surface area contributed by atoms with Gasteiger partial charge in [-0.15, -0.1) is 11.3 Å². The van der Waals surface area contributed by atoms with Crippen molar-refractivity contribution in [3.05, 3.63) is 11.6 Å². The zero-order chi connectivity index (χ0) is 16.2. The third kappa shape index (κ3) is 4.87. The lowest BCUT2D eigenvalue weighted by Crippen LogP contribution is -2.52. The zero-order valence-electron chi connectivity index (χ0n) is 14.1. The van der Waals surface area contributed by atoms with Gasteiger partial charge in [0.25, 0.3) is 0 Å². The Morgan fingerprint density at radius 3 is 2.43 bits per heavy atom. The number of nitrogens with zero attached hydrogens (tertiary/aromatic N) is 4. The molecule has 1 aromatic heterocycles. The van der Waals surface area contributed by atoms with Crippen molar-refractivity contribution in [1.29, 1.82) is 0 Å². The van der Waals surface area contributed by atoms with Gasteiger partial charge >= 0.3 is 0 Å². The van der Waals surface area contributed by atoms with E-state index in [9.17, 15) is 5.11 Å². The highest BCUT2D eigenvalue weighted by Crippen LogP contribution is 2.19. The molecule has 3 rings (SSSR count). The Bertz CT molecular complexity index is 455. The number of piperazine rings is 1. The Morgan fingerprint density at radius 1 is 1.17 bits per heavy atom. The van der Waals surface area contributed by atoms with Crippen LogP contribution < -0.4 is 4.90 Å². The third-order valence-electron chi connectivity index (χ3n) is 4.50. The summed E-state index contributed by atoms with van der Waals surface area (Å²) >= 11 is 1.70. The molecule has 2 fully saturated rings. The van der Waals surface area contributed by atoms with Gasteiger partial charge in [0.1, 0.15) is 0 Å². The lowest BCUT2D eigenvalue weighted by atomic mass is 10.2. The molecule has 2 aliphatic heterocycles. The summed E-state index contributed by atoms with van der Waals surface area (Å²) in [4.78, 5) is 11.4. The molecule has 0 spiro atoms. The highest BCUT2D eigenvalue weighted by Gasteiger charge is 2.25. The molecular weight excluding hydrogens is 312 g/mol. The van der Waals surface area contributed by atoms with Gasteiger partial charge < -0.3 is 14.7 Å². The van der Waals surface area contributed by atoms with Crippen LogP contribution in [0.15, 0.2) is 11.6 Å². The lowest BCUT2D eigenvalue weighted by Gasteiger charge is -2.38. The Labute approximate surface area is 142 Å². The number of aliphatic hydroxyl groups is 1. The van der Waals surface area contributed by atoms with E-state index < -0.39 is 0 Å². The predicted octanol–water partition coefficient (Wildman–Crippen LogP) is 0.735. The summed E-state index contributed by atoms with van der Waals surface area (Å²) in [7, 11) is 0. The first-order valence-electron chi connectivity index (χ1n) is 8.53. The van der Waals surface area contributed by atoms with Gasteiger partial charge in [-0.05, 0) is 13.8 Å². The van der Waals surface area contributed by atoms with E-state index in [0.717, 1.165) is 57.5 Å². The maximum atomic E-state index is 10.4. The second kappa shape index (κ2) is 7.90. The number of thiazole rings is 1. The van der Waals surface area contributed by atoms with Gasteiger partial charge in [-0.25, -0.2) is 4.98 Å². The topological polar surface area (TPSA) is 52.1 Å². The summed E-state index contributed by atoms with van der Waals surface area (Å²) in [5.74, 6) is 0. The molecule has 2 aliphatic rings. The first kappa shape index (κ1) is 17.1. The monoisotopic (exact) mass is 340 g/mol. The van der Waals surface area contributed by atoms with Crippen LogP contribution >= 0.6 is 11.3 Å². The van der Waals surface area contributed by atoms with Crippen LogP contribution in [0.4, 0.5) is 5.13 Å². The van der Waals surface area contributed by atoms with Crippen LogP contribution in [0.25, 0.3) is 0 Å². The fourth-order valence-corrected chi connectivity index (χ4v) is 4.28. The molecule has 3 heterocycles. The van der Waals surface area contributed by atoms with Crippen molar-refractivity contribution in [2.24, 2.45) is 0 Å². The Kier molecular flexibility index (Phi) is 5.87. The average molecular weight is 340 g/mol. The van der Waals surface area contributed by atoms with E-state index in [1.54, 1.807) is 11.3 Å². The van der Waals surface area contributed by atoms with E-state index in [2.05, 4.69) is 33.5 Å². The Morgan fingerprint density at radius 2 is 1.83 bits per heavy atom. The van der Waals surface area contributed by atoms with Crippen molar-refractivity contribution >= 4 is 16.5 Å². The summed E-state index contributed by atoms with van der Waals surface area (Å²) in [5, 5.41) is 13.6. The summed E-state index contributed by atoms with van der Waals surface area (Å²) in [5.41, 5.74) is 0. The Hall–Kier alpha value is -0.730. The number of ether oxygens (including phenoxy) is 1. The molecule has 3 atom stereocenters. The minimum absolute atomic E-state index is 0.257. The predicted molar refractivity (Wildman–Crippen MR) is 93.2 cm³/mol. The van der Waals surface area contributed by atoms with Gasteiger partial charge in [0.05, 0.1) is 18.3 Å². The van der Waals surface area contributed by atoms with E-state index in [0.29, 0.717) is 0 Å². The maximum absolute atomic E-state index is 10.4. The highest BCUT2D eigenvalue weighted by atomic mass is 32.1. The van der Waals surface area contributed by atoms with Crippen LogP contribution in [-0.2, 0) is 4.74 Å². The summed E-state index contributed by atoms with van der Waals surface area (Å²) in [6, 6.07) is 0. The molecule has 0 aliphatic carbocycles. The molecule has 0 bridgehead atoms.